The highest BCUT2D eigenvalue weighted by atomic mass is 16.5. The molecular formula is C13H19NO2. The van der Waals surface area contributed by atoms with Gasteiger partial charge in [-0.3, -0.25) is 4.79 Å². The molecule has 0 amide bonds. The van der Waals surface area contributed by atoms with Gasteiger partial charge in [0.05, 0.1) is 6.61 Å². The van der Waals surface area contributed by atoms with Crippen LogP contribution < -0.4 is 5.73 Å². The van der Waals surface area contributed by atoms with E-state index in [4.69, 9.17) is 10.5 Å². The fourth-order valence-electron chi connectivity index (χ4n) is 1.26. The molecule has 0 fully saturated rings. The monoisotopic (exact) mass is 221 g/mol. The van der Waals surface area contributed by atoms with E-state index in [0.29, 0.717) is 25.4 Å². The second kappa shape index (κ2) is 6.16. The van der Waals surface area contributed by atoms with Gasteiger partial charge < -0.3 is 10.5 Å². The third-order valence-corrected chi connectivity index (χ3v) is 2.18. The van der Waals surface area contributed by atoms with Crippen LogP contribution >= 0.6 is 0 Å². The number of hydrogen-bond donors (Lipinski definition) is 1. The molecule has 0 aliphatic rings. The van der Waals surface area contributed by atoms with Crippen molar-refractivity contribution in [3.63, 3.8) is 0 Å². The number of rotatable bonds is 5. The van der Waals surface area contributed by atoms with E-state index >= 15 is 0 Å². The van der Waals surface area contributed by atoms with Crippen molar-refractivity contribution in [3.05, 3.63) is 29.8 Å². The molecule has 0 saturated heterocycles. The van der Waals surface area contributed by atoms with E-state index in [-0.39, 0.29) is 5.97 Å². The van der Waals surface area contributed by atoms with Crippen molar-refractivity contribution in [2.75, 3.05) is 12.3 Å². The quantitative estimate of drug-likeness (QED) is 0.613. The molecule has 0 spiro atoms. The predicted molar refractivity (Wildman–Crippen MR) is 65.0 cm³/mol. The Labute approximate surface area is 96.6 Å². The second-order valence-electron chi connectivity index (χ2n) is 4.32. The number of hydrogen-bond acceptors (Lipinski definition) is 3. The SMILES string of the molecule is CC(C)COC(=O)CCc1ccc(N)cc1. The summed E-state index contributed by atoms with van der Waals surface area (Å²) in [5.41, 5.74) is 7.42. The minimum atomic E-state index is -0.134. The van der Waals surface area contributed by atoms with Crippen LogP contribution in [0.3, 0.4) is 0 Å². The van der Waals surface area contributed by atoms with E-state index in [1.165, 1.54) is 0 Å². The minimum Gasteiger partial charge on any atom is -0.465 e. The Morgan fingerprint density at radius 2 is 1.94 bits per heavy atom. The van der Waals surface area contributed by atoms with Crippen LogP contribution in [0.15, 0.2) is 24.3 Å². The topological polar surface area (TPSA) is 52.3 Å². The molecule has 0 radical (unpaired) electrons. The van der Waals surface area contributed by atoms with Crippen LogP contribution in [0, 0.1) is 5.92 Å². The third kappa shape index (κ3) is 4.82. The van der Waals surface area contributed by atoms with Crippen molar-refractivity contribution in [2.24, 2.45) is 5.92 Å². The molecule has 88 valence electrons. The van der Waals surface area contributed by atoms with Gasteiger partial charge in [0.25, 0.3) is 0 Å². The van der Waals surface area contributed by atoms with E-state index in [2.05, 4.69) is 0 Å². The van der Waals surface area contributed by atoms with E-state index < -0.39 is 0 Å². The van der Waals surface area contributed by atoms with Crippen molar-refractivity contribution >= 4 is 11.7 Å². The number of ether oxygens (including phenoxy) is 1. The zero-order valence-electron chi connectivity index (χ0n) is 9.90. The Kier molecular flexibility index (Phi) is 4.83. The molecule has 1 rings (SSSR count). The Hall–Kier alpha value is -1.51. The molecule has 3 heteroatoms. The average Bonchev–Trinajstić information content (AvgIpc) is 2.25. The first-order valence-electron chi connectivity index (χ1n) is 5.58. The van der Waals surface area contributed by atoms with Crippen LogP contribution in [0.4, 0.5) is 5.69 Å². The van der Waals surface area contributed by atoms with Gasteiger partial charge in [-0.25, -0.2) is 0 Å². The van der Waals surface area contributed by atoms with Crippen molar-refractivity contribution < 1.29 is 9.53 Å². The van der Waals surface area contributed by atoms with Crippen molar-refractivity contribution in [2.45, 2.75) is 26.7 Å². The summed E-state index contributed by atoms with van der Waals surface area (Å²) in [5.74, 6) is 0.256. The van der Waals surface area contributed by atoms with Crippen LogP contribution in [0.2, 0.25) is 0 Å². The molecule has 0 bridgehead atoms. The lowest BCUT2D eigenvalue weighted by Gasteiger charge is -2.07. The highest BCUT2D eigenvalue weighted by molar-refractivity contribution is 5.69. The van der Waals surface area contributed by atoms with E-state index in [1.807, 2.05) is 38.1 Å². The lowest BCUT2D eigenvalue weighted by Crippen LogP contribution is -2.10. The number of anilines is 1. The highest BCUT2D eigenvalue weighted by Crippen LogP contribution is 2.08. The largest absolute Gasteiger partial charge is 0.465 e. The number of carbonyl (C=O) groups excluding carboxylic acids is 1. The normalized spacial score (nSPS) is 10.4. The van der Waals surface area contributed by atoms with E-state index in [9.17, 15) is 4.79 Å². The molecule has 0 unspecified atom stereocenters. The number of nitrogens with two attached hydrogens (primary N) is 1. The molecule has 0 aliphatic carbocycles. The van der Waals surface area contributed by atoms with Crippen LogP contribution in [0.5, 0.6) is 0 Å². The zero-order valence-corrected chi connectivity index (χ0v) is 9.90. The molecule has 0 heterocycles. The molecule has 1 aromatic rings. The Morgan fingerprint density at radius 1 is 1.31 bits per heavy atom. The Morgan fingerprint density at radius 3 is 2.50 bits per heavy atom. The summed E-state index contributed by atoms with van der Waals surface area (Å²) in [4.78, 5) is 11.3. The van der Waals surface area contributed by atoms with Crippen molar-refractivity contribution in [1.82, 2.24) is 0 Å². The predicted octanol–water partition coefficient (Wildman–Crippen LogP) is 2.40. The summed E-state index contributed by atoms with van der Waals surface area (Å²) >= 11 is 0. The number of carbonyl (C=O) groups is 1. The molecular weight excluding hydrogens is 202 g/mol. The van der Waals surface area contributed by atoms with Crippen LogP contribution in [-0.2, 0) is 16.0 Å². The summed E-state index contributed by atoms with van der Waals surface area (Å²) in [6.07, 6.45) is 1.13. The smallest absolute Gasteiger partial charge is 0.306 e. The molecule has 2 N–H and O–H groups in total. The highest BCUT2D eigenvalue weighted by Gasteiger charge is 2.04. The number of aryl methyl sites for hydroxylation is 1. The molecule has 0 aromatic heterocycles. The van der Waals surface area contributed by atoms with Gasteiger partial charge in [-0.1, -0.05) is 26.0 Å². The number of benzene rings is 1. The Bertz CT molecular complexity index is 330. The van der Waals surface area contributed by atoms with Crippen molar-refractivity contribution in [3.8, 4) is 0 Å². The summed E-state index contributed by atoms with van der Waals surface area (Å²) in [6.45, 7) is 4.54. The lowest BCUT2D eigenvalue weighted by molar-refractivity contribution is -0.144. The first-order chi connectivity index (χ1) is 7.58. The van der Waals surface area contributed by atoms with Gasteiger partial charge in [-0.05, 0) is 30.0 Å². The van der Waals surface area contributed by atoms with Gasteiger partial charge in [-0.15, -0.1) is 0 Å². The zero-order chi connectivity index (χ0) is 12.0. The maximum Gasteiger partial charge on any atom is 0.306 e. The van der Waals surface area contributed by atoms with Crippen LogP contribution in [0.1, 0.15) is 25.8 Å². The molecule has 1 aromatic carbocycles. The van der Waals surface area contributed by atoms with Gasteiger partial charge in [0, 0.05) is 12.1 Å². The van der Waals surface area contributed by atoms with Crippen LogP contribution in [0.25, 0.3) is 0 Å². The first-order valence-corrected chi connectivity index (χ1v) is 5.58. The van der Waals surface area contributed by atoms with Gasteiger partial charge in [0.1, 0.15) is 0 Å². The second-order valence-corrected chi connectivity index (χ2v) is 4.32. The fraction of sp³-hybridized carbons (Fsp3) is 0.462. The molecule has 3 nitrogen and oxygen atoms in total. The van der Waals surface area contributed by atoms with Crippen LogP contribution in [-0.4, -0.2) is 12.6 Å². The van der Waals surface area contributed by atoms with Gasteiger partial charge >= 0.3 is 5.97 Å². The molecule has 16 heavy (non-hydrogen) atoms. The summed E-state index contributed by atoms with van der Waals surface area (Å²) < 4.78 is 5.09. The summed E-state index contributed by atoms with van der Waals surface area (Å²) in [7, 11) is 0. The van der Waals surface area contributed by atoms with E-state index in [1.54, 1.807) is 0 Å². The molecule has 0 aliphatic heterocycles. The standard InChI is InChI=1S/C13H19NO2/c1-10(2)9-16-13(15)8-5-11-3-6-12(14)7-4-11/h3-4,6-7,10H,5,8-9,14H2,1-2H3. The van der Waals surface area contributed by atoms with Crippen molar-refractivity contribution in [1.29, 1.82) is 0 Å². The molecule has 0 saturated carbocycles. The number of nitrogen functional groups attached to an aromatic ring is 1. The number of esters is 1. The van der Waals surface area contributed by atoms with Gasteiger partial charge in [-0.2, -0.15) is 0 Å². The Balaban J connectivity index is 2.29. The molecule has 0 atom stereocenters. The third-order valence-electron chi connectivity index (χ3n) is 2.18. The lowest BCUT2D eigenvalue weighted by atomic mass is 10.1. The maximum absolute atomic E-state index is 11.3. The first kappa shape index (κ1) is 12.6. The summed E-state index contributed by atoms with van der Waals surface area (Å²) in [5, 5.41) is 0. The van der Waals surface area contributed by atoms with Gasteiger partial charge in [0.15, 0.2) is 0 Å². The van der Waals surface area contributed by atoms with E-state index in [0.717, 1.165) is 11.3 Å². The minimum absolute atomic E-state index is 0.134. The summed E-state index contributed by atoms with van der Waals surface area (Å²) in [6, 6.07) is 7.56. The average molecular weight is 221 g/mol. The van der Waals surface area contributed by atoms with Gasteiger partial charge in [0.2, 0.25) is 0 Å². The maximum atomic E-state index is 11.3. The fourth-order valence-corrected chi connectivity index (χ4v) is 1.26.